The lowest BCUT2D eigenvalue weighted by molar-refractivity contribution is 0.0944. The maximum absolute atomic E-state index is 12.3. The molecule has 3 rings (SSSR count). The molecule has 5 nitrogen and oxygen atoms in total. The van der Waals surface area contributed by atoms with Gasteiger partial charge in [0.2, 0.25) is 0 Å². The summed E-state index contributed by atoms with van der Waals surface area (Å²) in [6.07, 6.45) is 0. The molecule has 2 aromatic carbocycles. The third kappa shape index (κ3) is 3.57. The molecule has 0 fully saturated rings. The summed E-state index contributed by atoms with van der Waals surface area (Å²) in [6, 6.07) is 19.7. The first-order valence-electron chi connectivity index (χ1n) is 7.63. The van der Waals surface area contributed by atoms with Crippen LogP contribution in [0.3, 0.4) is 0 Å². The summed E-state index contributed by atoms with van der Waals surface area (Å²) < 4.78 is 1.22. The van der Waals surface area contributed by atoms with E-state index >= 15 is 0 Å². The lowest BCUT2D eigenvalue weighted by atomic mass is 10.1. The van der Waals surface area contributed by atoms with Crippen LogP contribution in [0.2, 0.25) is 0 Å². The molecule has 3 aromatic rings. The molecule has 0 saturated heterocycles. The number of nitrogens with zero attached hydrogens (tertiary/aromatic N) is 2. The second-order valence-corrected chi connectivity index (χ2v) is 5.47. The van der Waals surface area contributed by atoms with Gasteiger partial charge < -0.3 is 5.32 Å². The van der Waals surface area contributed by atoms with Gasteiger partial charge in [0.1, 0.15) is 5.69 Å². The van der Waals surface area contributed by atoms with Crippen molar-refractivity contribution in [1.29, 1.82) is 0 Å². The third-order valence-electron chi connectivity index (χ3n) is 3.61. The lowest BCUT2D eigenvalue weighted by Crippen LogP contribution is -2.28. The summed E-state index contributed by atoms with van der Waals surface area (Å²) in [5.74, 6) is -0.319. The fourth-order valence-electron chi connectivity index (χ4n) is 2.27. The van der Waals surface area contributed by atoms with Gasteiger partial charge in [-0.3, -0.25) is 9.59 Å². The van der Waals surface area contributed by atoms with E-state index in [9.17, 15) is 9.59 Å². The molecule has 1 amide bonds. The number of nitrogens with one attached hydrogen (secondary N) is 1. The number of hydrogen-bond acceptors (Lipinski definition) is 3. The smallest absolute Gasteiger partial charge is 0.272 e. The summed E-state index contributed by atoms with van der Waals surface area (Å²) in [5, 5.41) is 6.98. The van der Waals surface area contributed by atoms with Crippen molar-refractivity contribution in [2.45, 2.75) is 13.5 Å². The summed E-state index contributed by atoms with van der Waals surface area (Å²) in [5.41, 5.74) is 2.71. The van der Waals surface area contributed by atoms with Crippen molar-refractivity contribution in [1.82, 2.24) is 15.1 Å². The standard InChI is InChI=1S/C19H17N3O2/c1-14-7-9-15(10-8-14)13-20-19(24)17-11-12-18(23)22(21-17)16-5-3-2-4-6-16/h2-12H,13H2,1H3,(H,20,24). The number of carbonyl (C=O) groups excluding carboxylic acids is 1. The Morgan fingerprint density at radius 3 is 2.42 bits per heavy atom. The summed E-state index contributed by atoms with van der Waals surface area (Å²) >= 11 is 0. The first-order chi connectivity index (χ1) is 11.6. The molecular formula is C19H17N3O2. The van der Waals surface area contributed by atoms with E-state index in [0.29, 0.717) is 12.2 Å². The fraction of sp³-hybridized carbons (Fsp3) is 0.105. The van der Waals surface area contributed by atoms with Crippen LogP contribution < -0.4 is 10.9 Å². The number of aryl methyl sites for hydroxylation is 1. The van der Waals surface area contributed by atoms with Crippen molar-refractivity contribution in [3.63, 3.8) is 0 Å². The fourth-order valence-corrected chi connectivity index (χ4v) is 2.27. The molecule has 0 atom stereocenters. The van der Waals surface area contributed by atoms with Crippen LogP contribution >= 0.6 is 0 Å². The highest BCUT2D eigenvalue weighted by Gasteiger charge is 2.10. The molecular weight excluding hydrogens is 302 g/mol. The van der Waals surface area contributed by atoms with E-state index < -0.39 is 0 Å². The molecule has 0 saturated carbocycles. The molecule has 0 aliphatic carbocycles. The monoisotopic (exact) mass is 319 g/mol. The van der Waals surface area contributed by atoms with Gasteiger partial charge in [-0.25, -0.2) is 0 Å². The maximum Gasteiger partial charge on any atom is 0.272 e. The average Bonchev–Trinajstić information content (AvgIpc) is 2.62. The minimum atomic E-state index is -0.319. The van der Waals surface area contributed by atoms with E-state index in [-0.39, 0.29) is 17.2 Å². The minimum absolute atomic E-state index is 0.200. The average molecular weight is 319 g/mol. The molecule has 0 bridgehead atoms. The van der Waals surface area contributed by atoms with Crippen molar-refractivity contribution in [3.8, 4) is 5.69 Å². The Hall–Kier alpha value is -3.21. The molecule has 24 heavy (non-hydrogen) atoms. The Balaban J connectivity index is 1.78. The van der Waals surface area contributed by atoms with E-state index in [0.717, 1.165) is 5.56 Å². The van der Waals surface area contributed by atoms with Gasteiger partial charge in [-0.05, 0) is 30.7 Å². The highest BCUT2D eigenvalue weighted by molar-refractivity contribution is 5.92. The van der Waals surface area contributed by atoms with Crippen LogP contribution in [0.1, 0.15) is 21.6 Å². The van der Waals surface area contributed by atoms with Crippen molar-refractivity contribution in [3.05, 3.63) is 93.9 Å². The maximum atomic E-state index is 12.3. The van der Waals surface area contributed by atoms with Crippen molar-refractivity contribution in [2.24, 2.45) is 0 Å². The Kier molecular flexibility index (Phi) is 4.52. The Labute approximate surface area is 139 Å². The zero-order valence-corrected chi connectivity index (χ0v) is 13.3. The zero-order chi connectivity index (χ0) is 16.9. The third-order valence-corrected chi connectivity index (χ3v) is 3.61. The van der Waals surface area contributed by atoms with Crippen molar-refractivity contribution in [2.75, 3.05) is 0 Å². The van der Waals surface area contributed by atoms with Crippen LogP contribution in [-0.4, -0.2) is 15.7 Å². The van der Waals surface area contributed by atoms with Crippen LogP contribution in [0.5, 0.6) is 0 Å². The topological polar surface area (TPSA) is 64.0 Å². The largest absolute Gasteiger partial charge is 0.347 e. The van der Waals surface area contributed by atoms with Crippen molar-refractivity contribution < 1.29 is 4.79 Å². The summed E-state index contributed by atoms with van der Waals surface area (Å²) in [7, 11) is 0. The number of amides is 1. The predicted molar refractivity (Wildman–Crippen MR) is 92.2 cm³/mol. The van der Waals surface area contributed by atoms with Gasteiger partial charge >= 0.3 is 0 Å². The first-order valence-corrected chi connectivity index (χ1v) is 7.63. The Morgan fingerprint density at radius 2 is 1.71 bits per heavy atom. The Morgan fingerprint density at radius 1 is 1.00 bits per heavy atom. The molecule has 0 spiro atoms. The normalized spacial score (nSPS) is 10.4. The van der Waals surface area contributed by atoms with Crippen molar-refractivity contribution >= 4 is 5.91 Å². The zero-order valence-electron chi connectivity index (χ0n) is 13.3. The van der Waals surface area contributed by atoms with E-state index in [1.54, 1.807) is 12.1 Å². The number of hydrogen-bond donors (Lipinski definition) is 1. The number of rotatable bonds is 4. The van der Waals surface area contributed by atoms with Crippen LogP contribution in [0, 0.1) is 6.92 Å². The van der Waals surface area contributed by atoms with Gasteiger partial charge in [-0.2, -0.15) is 9.78 Å². The number of para-hydroxylation sites is 1. The molecule has 120 valence electrons. The second kappa shape index (κ2) is 6.91. The minimum Gasteiger partial charge on any atom is -0.347 e. The Bertz CT molecular complexity index is 900. The van der Waals surface area contributed by atoms with Gasteiger partial charge in [-0.15, -0.1) is 0 Å². The van der Waals surface area contributed by atoms with Crippen LogP contribution in [0.4, 0.5) is 0 Å². The number of benzene rings is 2. The van der Waals surface area contributed by atoms with E-state index in [1.807, 2.05) is 49.4 Å². The molecule has 1 N–H and O–H groups in total. The van der Waals surface area contributed by atoms with E-state index in [2.05, 4.69) is 10.4 Å². The SMILES string of the molecule is Cc1ccc(CNC(=O)c2ccc(=O)n(-c3ccccc3)n2)cc1. The lowest BCUT2D eigenvalue weighted by Gasteiger charge is -2.08. The second-order valence-electron chi connectivity index (χ2n) is 5.47. The molecule has 0 aliphatic heterocycles. The van der Waals surface area contributed by atoms with Crippen LogP contribution in [0.15, 0.2) is 71.5 Å². The molecule has 1 heterocycles. The number of aromatic nitrogens is 2. The van der Waals surface area contributed by atoms with Gasteiger partial charge in [-0.1, -0.05) is 48.0 Å². The van der Waals surface area contributed by atoms with Gasteiger partial charge in [0, 0.05) is 12.6 Å². The van der Waals surface area contributed by atoms with E-state index in [4.69, 9.17) is 0 Å². The molecule has 0 unspecified atom stereocenters. The molecule has 0 aliphatic rings. The van der Waals surface area contributed by atoms with Gasteiger partial charge in [0.05, 0.1) is 5.69 Å². The highest BCUT2D eigenvalue weighted by atomic mass is 16.2. The predicted octanol–water partition coefficient (Wildman–Crippen LogP) is 2.47. The highest BCUT2D eigenvalue weighted by Crippen LogP contribution is 2.04. The quantitative estimate of drug-likeness (QED) is 0.803. The molecule has 0 radical (unpaired) electrons. The summed E-state index contributed by atoms with van der Waals surface area (Å²) in [6.45, 7) is 2.42. The molecule has 5 heteroatoms. The van der Waals surface area contributed by atoms with Gasteiger partial charge in [0.25, 0.3) is 11.5 Å². The van der Waals surface area contributed by atoms with E-state index in [1.165, 1.54) is 22.4 Å². The first kappa shape index (κ1) is 15.7. The number of carbonyl (C=O) groups is 1. The van der Waals surface area contributed by atoms with Crippen LogP contribution in [0.25, 0.3) is 5.69 Å². The molecule has 1 aromatic heterocycles. The van der Waals surface area contributed by atoms with Gasteiger partial charge in [0.15, 0.2) is 0 Å². The summed E-state index contributed by atoms with van der Waals surface area (Å²) in [4.78, 5) is 24.3. The van der Waals surface area contributed by atoms with Crippen LogP contribution in [-0.2, 0) is 6.54 Å².